The van der Waals surface area contributed by atoms with Gasteiger partial charge in [0.05, 0.1) is 14.1 Å². The van der Waals surface area contributed by atoms with E-state index in [-0.39, 0.29) is 4.65 Å². The summed E-state index contributed by atoms with van der Waals surface area (Å²) in [7, 11) is 3.73. The van der Waals surface area contributed by atoms with E-state index in [9.17, 15) is 5.21 Å². The van der Waals surface area contributed by atoms with Crippen LogP contribution in [0.1, 0.15) is 79.1 Å². The number of nitrogens with zero attached hydrogens (tertiary/aromatic N) is 1. The Labute approximate surface area is 128 Å². The van der Waals surface area contributed by atoms with Gasteiger partial charge in [-0.2, -0.15) is 4.65 Å². The molecule has 0 bridgehead atoms. The normalized spacial score (nSPS) is 15.6. The zero-order chi connectivity index (χ0) is 15.6. The van der Waals surface area contributed by atoms with Gasteiger partial charge in [0.1, 0.15) is 6.54 Å². The number of rotatable bonds is 12. The molecular weight excluding hydrogens is 246 g/mol. The first-order valence-electron chi connectivity index (χ1n) is 8.80. The van der Waals surface area contributed by atoms with Gasteiger partial charge in [0.25, 0.3) is 0 Å². The summed E-state index contributed by atoms with van der Waals surface area (Å²) in [5.74, 6) is 2.53. The largest absolute Gasteiger partial charge is 0.217 e. The van der Waals surface area contributed by atoms with Crippen molar-refractivity contribution in [1.82, 2.24) is 0 Å². The second-order valence-corrected chi connectivity index (χ2v) is 7.77. The molecule has 2 nitrogen and oxygen atoms in total. The highest BCUT2D eigenvalue weighted by Crippen LogP contribution is 2.22. The summed E-state index contributed by atoms with van der Waals surface area (Å²) in [4.78, 5) is 0. The molecule has 0 spiro atoms. The summed E-state index contributed by atoms with van der Waals surface area (Å²) >= 11 is 0. The minimum absolute atomic E-state index is 0.113. The first kappa shape index (κ1) is 19.9. The van der Waals surface area contributed by atoms with Crippen molar-refractivity contribution in [3.05, 3.63) is 0 Å². The highest BCUT2D eigenvalue weighted by Gasteiger charge is 2.15. The first-order valence-corrected chi connectivity index (χ1v) is 8.80. The van der Waals surface area contributed by atoms with Gasteiger partial charge in [0.2, 0.25) is 0 Å². The quantitative estimate of drug-likeness (QED) is 0.371. The summed E-state index contributed by atoms with van der Waals surface area (Å²) in [5.41, 5.74) is 0. The van der Waals surface area contributed by atoms with Crippen LogP contribution >= 0.6 is 0 Å². The van der Waals surface area contributed by atoms with E-state index in [2.05, 4.69) is 27.7 Å². The van der Waals surface area contributed by atoms with Gasteiger partial charge < -0.3 is 0 Å². The standard InChI is InChI=1S/C18H40NO/c1-7-18(14-15-19(5,6)20)13-9-12-17(4)11-8-10-16(2)3/h16-18,20H,7-15H2,1-6H3/q+1. The number of hydrogen-bond acceptors (Lipinski definition) is 1. The Balaban J connectivity index is 3.68. The Morgan fingerprint density at radius 3 is 1.85 bits per heavy atom. The summed E-state index contributed by atoms with van der Waals surface area (Å²) in [5, 5.41) is 9.76. The fraction of sp³-hybridized carbons (Fsp3) is 1.00. The van der Waals surface area contributed by atoms with Crippen LogP contribution in [0.4, 0.5) is 0 Å². The third kappa shape index (κ3) is 12.9. The Hall–Kier alpha value is -0.0800. The van der Waals surface area contributed by atoms with Crippen molar-refractivity contribution in [3.8, 4) is 0 Å². The number of hydroxylamine groups is 3. The fourth-order valence-electron chi connectivity index (χ4n) is 2.82. The average molecular weight is 287 g/mol. The van der Waals surface area contributed by atoms with Gasteiger partial charge >= 0.3 is 0 Å². The van der Waals surface area contributed by atoms with Crippen LogP contribution in [0.15, 0.2) is 0 Å². The topological polar surface area (TPSA) is 20.2 Å². The molecule has 2 heteroatoms. The average Bonchev–Trinajstić information content (AvgIpc) is 2.31. The van der Waals surface area contributed by atoms with Crippen molar-refractivity contribution in [2.75, 3.05) is 20.6 Å². The molecule has 0 aliphatic carbocycles. The molecule has 0 aliphatic rings. The van der Waals surface area contributed by atoms with Crippen molar-refractivity contribution in [3.63, 3.8) is 0 Å². The number of hydrogen-bond donors (Lipinski definition) is 1. The minimum Gasteiger partial charge on any atom is -0.217 e. The van der Waals surface area contributed by atoms with Gasteiger partial charge in [0, 0.05) is 6.42 Å². The third-order valence-corrected chi connectivity index (χ3v) is 4.45. The van der Waals surface area contributed by atoms with Gasteiger partial charge in [-0.25, -0.2) is 5.21 Å². The Kier molecular flexibility index (Phi) is 10.6. The van der Waals surface area contributed by atoms with E-state index in [1.807, 2.05) is 14.1 Å². The summed E-state index contributed by atoms with van der Waals surface area (Å²) in [6.45, 7) is 10.2. The minimum atomic E-state index is 0.113. The van der Waals surface area contributed by atoms with E-state index < -0.39 is 0 Å². The summed E-state index contributed by atoms with van der Waals surface area (Å²) < 4.78 is 0.113. The number of quaternary nitrogens is 1. The van der Waals surface area contributed by atoms with Crippen molar-refractivity contribution in [2.45, 2.75) is 79.1 Å². The Bertz CT molecular complexity index is 220. The van der Waals surface area contributed by atoms with Gasteiger partial charge in [-0.1, -0.05) is 72.6 Å². The molecule has 0 aliphatic heterocycles. The molecule has 2 unspecified atom stereocenters. The molecule has 0 aromatic rings. The molecular formula is C18H40NO+. The van der Waals surface area contributed by atoms with E-state index in [0.717, 1.165) is 30.7 Å². The van der Waals surface area contributed by atoms with E-state index in [0.29, 0.717) is 0 Å². The monoisotopic (exact) mass is 286 g/mol. The lowest BCUT2D eigenvalue weighted by atomic mass is 9.91. The lowest BCUT2D eigenvalue weighted by Gasteiger charge is -2.23. The van der Waals surface area contributed by atoms with E-state index in [4.69, 9.17) is 0 Å². The molecule has 0 aromatic carbocycles. The summed E-state index contributed by atoms with van der Waals surface area (Å²) in [6, 6.07) is 0. The van der Waals surface area contributed by atoms with Crippen LogP contribution in [0.5, 0.6) is 0 Å². The molecule has 0 rings (SSSR count). The zero-order valence-corrected chi connectivity index (χ0v) is 15.0. The lowest BCUT2D eigenvalue weighted by Crippen LogP contribution is -2.37. The molecule has 0 saturated heterocycles. The molecule has 122 valence electrons. The first-order chi connectivity index (χ1) is 9.24. The van der Waals surface area contributed by atoms with Crippen molar-refractivity contribution >= 4 is 0 Å². The highest BCUT2D eigenvalue weighted by molar-refractivity contribution is 4.61. The third-order valence-electron chi connectivity index (χ3n) is 4.45. The second kappa shape index (κ2) is 10.6. The molecule has 20 heavy (non-hydrogen) atoms. The maximum atomic E-state index is 9.76. The van der Waals surface area contributed by atoms with Crippen LogP contribution in [-0.4, -0.2) is 30.5 Å². The SMILES string of the molecule is CCC(CCCC(C)CCCC(C)C)CC[N+](C)(C)O. The summed E-state index contributed by atoms with van der Waals surface area (Å²) in [6.07, 6.45) is 10.7. The second-order valence-electron chi connectivity index (χ2n) is 7.77. The van der Waals surface area contributed by atoms with Gasteiger partial charge in [-0.15, -0.1) is 0 Å². The Morgan fingerprint density at radius 1 is 0.850 bits per heavy atom. The van der Waals surface area contributed by atoms with E-state index in [1.165, 1.54) is 44.9 Å². The van der Waals surface area contributed by atoms with Crippen LogP contribution in [0.25, 0.3) is 0 Å². The smallest absolute Gasteiger partial charge is 0.108 e. The zero-order valence-electron chi connectivity index (χ0n) is 15.0. The molecule has 0 heterocycles. The maximum Gasteiger partial charge on any atom is 0.108 e. The van der Waals surface area contributed by atoms with Crippen molar-refractivity contribution < 1.29 is 9.85 Å². The van der Waals surface area contributed by atoms with Gasteiger partial charge in [-0.05, 0) is 17.8 Å². The predicted molar refractivity (Wildman–Crippen MR) is 88.9 cm³/mol. The van der Waals surface area contributed by atoms with Crippen molar-refractivity contribution in [1.29, 1.82) is 0 Å². The van der Waals surface area contributed by atoms with Crippen LogP contribution < -0.4 is 0 Å². The highest BCUT2D eigenvalue weighted by atomic mass is 16.5. The predicted octanol–water partition coefficient (Wildman–Crippen LogP) is 5.50. The fourth-order valence-corrected chi connectivity index (χ4v) is 2.82. The molecule has 1 N–H and O–H groups in total. The lowest BCUT2D eigenvalue weighted by molar-refractivity contribution is -1.07. The molecule has 0 amide bonds. The molecule has 0 fully saturated rings. The Morgan fingerprint density at radius 2 is 1.40 bits per heavy atom. The van der Waals surface area contributed by atoms with Crippen LogP contribution in [0.2, 0.25) is 0 Å². The van der Waals surface area contributed by atoms with E-state index in [1.54, 1.807) is 0 Å². The van der Waals surface area contributed by atoms with Crippen LogP contribution in [0.3, 0.4) is 0 Å². The molecule has 0 radical (unpaired) electrons. The van der Waals surface area contributed by atoms with Gasteiger partial charge in [0.15, 0.2) is 0 Å². The molecule has 0 aromatic heterocycles. The maximum absolute atomic E-state index is 9.76. The van der Waals surface area contributed by atoms with Crippen LogP contribution in [0, 0.1) is 17.8 Å². The van der Waals surface area contributed by atoms with Crippen LogP contribution in [-0.2, 0) is 0 Å². The van der Waals surface area contributed by atoms with Crippen molar-refractivity contribution in [2.24, 2.45) is 17.8 Å². The molecule has 0 saturated carbocycles. The van der Waals surface area contributed by atoms with E-state index >= 15 is 0 Å². The van der Waals surface area contributed by atoms with Gasteiger partial charge in [-0.3, -0.25) is 0 Å². The molecule has 2 atom stereocenters.